The van der Waals surface area contributed by atoms with E-state index in [1.165, 1.54) is 80.5 Å². The molecule has 4 aromatic carbocycles. The topological polar surface area (TPSA) is 35.5 Å². The van der Waals surface area contributed by atoms with Crippen LogP contribution in [0.25, 0.3) is 5.57 Å². The molecule has 14 rings (SSSR count). The number of rotatable bonds is 10. The van der Waals surface area contributed by atoms with Crippen LogP contribution in [0, 0.1) is 35.5 Å². The Labute approximate surface area is 451 Å². The van der Waals surface area contributed by atoms with Crippen molar-refractivity contribution in [3.63, 3.8) is 0 Å². The van der Waals surface area contributed by atoms with Crippen molar-refractivity contribution in [3.8, 4) is 5.75 Å². The highest BCUT2D eigenvalue weighted by Gasteiger charge is 2.54. The average Bonchev–Trinajstić information content (AvgIpc) is 4.07. The summed E-state index contributed by atoms with van der Waals surface area (Å²) < 4.78 is 13.7. The van der Waals surface area contributed by atoms with Crippen LogP contribution in [0.4, 0.5) is 0 Å². The molecule has 0 aromatic heterocycles. The number of hydrogen-bond acceptors (Lipinski definition) is 3. The van der Waals surface area contributed by atoms with Gasteiger partial charge in [-0.2, -0.15) is 0 Å². The van der Waals surface area contributed by atoms with E-state index < -0.39 is 5.92 Å². The first-order valence-corrected chi connectivity index (χ1v) is 29.4. The van der Waals surface area contributed by atoms with E-state index in [0.29, 0.717) is 17.8 Å². The van der Waals surface area contributed by atoms with Gasteiger partial charge in [-0.05, 0) is 164 Å². The summed E-state index contributed by atoms with van der Waals surface area (Å²) >= 11 is 0. The fraction of sp³-hybridized carbons (Fsp3) is 0.356. The number of carbonyl (C=O) groups excluding carboxylic acids is 1. The van der Waals surface area contributed by atoms with Crippen molar-refractivity contribution in [2.75, 3.05) is 0 Å². The molecule has 0 amide bonds. The fourth-order valence-corrected chi connectivity index (χ4v) is 16.4. The normalized spacial score (nSPS) is 31.0. The SMILES string of the molecule is O=C(OCc1ccccc1)C1C(c2cccc3c2C2CCCC=C2C3(C2=CC=CCC2)c2ccccc2)=CCCC1C1=C(C2C=C(C3=CCC(C4=CC5C=CC=CC5CC4)CC3)C=CC2)CC2c3ccccc3OC2C1. The van der Waals surface area contributed by atoms with Gasteiger partial charge in [-0.15, -0.1) is 0 Å². The summed E-state index contributed by atoms with van der Waals surface area (Å²) in [4.78, 5) is 15.8. The second-order valence-corrected chi connectivity index (χ2v) is 23.7. The second kappa shape index (κ2) is 20.3. The van der Waals surface area contributed by atoms with Gasteiger partial charge in [-0.3, -0.25) is 4.79 Å². The van der Waals surface area contributed by atoms with Gasteiger partial charge in [0.15, 0.2) is 0 Å². The highest BCUT2D eigenvalue weighted by molar-refractivity contribution is 5.92. The van der Waals surface area contributed by atoms with Gasteiger partial charge in [0, 0.05) is 35.7 Å². The van der Waals surface area contributed by atoms with Crippen LogP contribution >= 0.6 is 0 Å². The molecule has 10 aliphatic rings. The largest absolute Gasteiger partial charge is 0.489 e. The zero-order valence-electron chi connectivity index (χ0n) is 44.1. The molecule has 3 heteroatoms. The summed E-state index contributed by atoms with van der Waals surface area (Å²) in [7, 11) is 0. The van der Waals surface area contributed by atoms with Crippen LogP contribution in [0.5, 0.6) is 5.75 Å². The van der Waals surface area contributed by atoms with E-state index in [1.807, 2.05) is 18.2 Å². The van der Waals surface area contributed by atoms with Gasteiger partial charge in [0.2, 0.25) is 0 Å². The number of esters is 1. The summed E-state index contributed by atoms with van der Waals surface area (Å²) in [5.41, 5.74) is 19.3. The Morgan fingerprint density at radius 3 is 2.43 bits per heavy atom. The van der Waals surface area contributed by atoms with E-state index in [2.05, 4.69) is 170 Å². The molecule has 3 nitrogen and oxygen atoms in total. The summed E-state index contributed by atoms with van der Waals surface area (Å²) in [5, 5.41) is 0. The van der Waals surface area contributed by atoms with Crippen molar-refractivity contribution in [1.82, 2.24) is 0 Å². The number of allylic oxidation sites excluding steroid dienone is 20. The van der Waals surface area contributed by atoms with Gasteiger partial charge in [-0.1, -0.05) is 204 Å². The molecule has 9 aliphatic carbocycles. The number of hydrogen-bond donors (Lipinski definition) is 0. The molecule has 1 heterocycles. The number of fused-ring (bicyclic) bond motifs is 7. The van der Waals surface area contributed by atoms with Crippen LogP contribution in [0.1, 0.15) is 142 Å². The van der Waals surface area contributed by atoms with Crippen molar-refractivity contribution in [3.05, 3.63) is 261 Å². The average molecular weight is 997 g/mol. The smallest absolute Gasteiger partial charge is 0.314 e. The zero-order chi connectivity index (χ0) is 50.6. The van der Waals surface area contributed by atoms with Crippen molar-refractivity contribution >= 4 is 11.5 Å². The predicted octanol–water partition coefficient (Wildman–Crippen LogP) is 17.6. The molecule has 10 atom stereocenters. The van der Waals surface area contributed by atoms with E-state index in [1.54, 1.807) is 11.1 Å². The lowest BCUT2D eigenvalue weighted by atomic mass is 9.63. The van der Waals surface area contributed by atoms with Gasteiger partial charge in [0.1, 0.15) is 18.5 Å². The molecule has 10 unspecified atom stereocenters. The first kappa shape index (κ1) is 47.7. The maximum atomic E-state index is 15.8. The Morgan fingerprint density at radius 1 is 0.697 bits per heavy atom. The third-order valence-corrected chi connectivity index (χ3v) is 19.9. The molecule has 0 saturated heterocycles. The lowest BCUT2D eigenvalue weighted by Crippen LogP contribution is -2.36. The van der Waals surface area contributed by atoms with Gasteiger partial charge in [0.05, 0.1) is 11.3 Å². The Morgan fingerprint density at radius 2 is 1.57 bits per heavy atom. The van der Waals surface area contributed by atoms with Gasteiger partial charge >= 0.3 is 5.97 Å². The van der Waals surface area contributed by atoms with E-state index in [0.717, 1.165) is 88.4 Å². The van der Waals surface area contributed by atoms with Gasteiger partial charge in [-0.25, -0.2) is 0 Å². The monoisotopic (exact) mass is 997 g/mol. The minimum Gasteiger partial charge on any atom is -0.489 e. The minimum absolute atomic E-state index is 0.0227. The minimum atomic E-state index is -0.459. The van der Waals surface area contributed by atoms with Crippen LogP contribution in [0.3, 0.4) is 0 Å². The maximum Gasteiger partial charge on any atom is 0.314 e. The third kappa shape index (κ3) is 8.34. The fourth-order valence-electron chi connectivity index (χ4n) is 16.4. The van der Waals surface area contributed by atoms with Crippen LogP contribution in [0.2, 0.25) is 0 Å². The quantitative estimate of drug-likeness (QED) is 0.117. The highest BCUT2D eigenvalue weighted by Crippen LogP contribution is 2.64. The molecule has 0 spiro atoms. The number of para-hydroxylation sites is 1. The van der Waals surface area contributed by atoms with E-state index >= 15 is 4.79 Å². The lowest BCUT2D eigenvalue weighted by molar-refractivity contribution is -0.149. The number of benzene rings is 4. The molecular weight excluding hydrogens is 925 g/mol. The van der Waals surface area contributed by atoms with Crippen molar-refractivity contribution < 1.29 is 14.3 Å². The first-order valence-electron chi connectivity index (χ1n) is 29.4. The molecule has 0 fully saturated rings. The van der Waals surface area contributed by atoms with Gasteiger partial charge in [0.25, 0.3) is 0 Å². The van der Waals surface area contributed by atoms with Crippen LogP contribution in [-0.4, -0.2) is 12.1 Å². The second-order valence-electron chi connectivity index (χ2n) is 23.7. The molecule has 4 aromatic rings. The zero-order valence-corrected chi connectivity index (χ0v) is 44.1. The predicted molar refractivity (Wildman–Crippen MR) is 308 cm³/mol. The molecule has 0 bridgehead atoms. The molecular formula is C73H72O3. The Hall–Kier alpha value is -6.71. The third-order valence-electron chi connectivity index (χ3n) is 19.9. The van der Waals surface area contributed by atoms with Crippen molar-refractivity contribution in [2.24, 2.45) is 35.5 Å². The summed E-state index contributed by atoms with van der Waals surface area (Å²) in [5.74, 6) is 3.14. The Balaban J connectivity index is 0.874. The number of carbonyl (C=O) groups is 1. The molecule has 382 valence electrons. The Kier molecular flexibility index (Phi) is 12.8. The molecule has 1 aliphatic heterocycles. The van der Waals surface area contributed by atoms with E-state index in [-0.39, 0.29) is 47.8 Å². The van der Waals surface area contributed by atoms with Crippen LogP contribution < -0.4 is 4.74 Å². The first-order chi connectivity index (χ1) is 37.6. The lowest BCUT2D eigenvalue weighted by Gasteiger charge is -2.41. The Bertz CT molecular complexity index is 3290. The van der Waals surface area contributed by atoms with Crippen molar-refractivity contribution in [1.29, 1.82) is 0 Å². The summed E-state index contributed by atoms with van der Waals surface area (Å²) in [6.45, 7) is 0.259. The standard InChI is InChI=1S/C73H72O3/c74-72(75-47-48-19-4-1-5-20-48)71-60(59-33-18-35-67-70(59)62-30-12-14-34-66(62)73(67,56-25-6-2-7-26-56)57-27-8-3-9-28-57)31-17-32-61(71)64-46-69-65(58-29-13-15-36-68(58)76-69)45-63(64)55-24-16-23-53(44-55)50-37-39-51(40-38-50)54-42-41-49-21-10-11-22-52(49)43-54/h1-8,10-11,13,15-16,18-23,25-27,29,31,33-37,43-44,49,51-52,55,61-62,65,69,71H,9,12,14,17,24,28,30,32,38-42,45-47H2. The van der Waals surface area contributed by atoms with E-state index in [4.69, 9.17) is 9.47 Å². The van der Waals surface area contributed by atoms with Crippen LogP contribution in [-0.2, 0) is 21.6 Å². The van der Waals surface area contributed by atoms with Crippen LogP contribution in [0.15, 0.2) is 227 Å². The summed E-state index contributed by atoms with van der Waals surface area (Å²) in [6, 6.07) is 37.6. The van der Waals surface area contributed by atoms with Crippen molar-refractivity contribution in [2.45, 2.75) is 126 Å². The summed E-state index contributed by atoms with van der Waals surface area (Å²) in [6.07, 6.45) is 50.2. The number of ether oxygens (including phenoxy) is 2. The molecule has 76 heavy (non-hydrogen) atoms. The molecule has 0 N–H and O–H groups in total. The van der Waals surface area contributed by atoms with Gasteiger partial charge < -0.3 is 9.47 Å². The van der Waals surface area contributed by atoms with E-state index in [9.17, 15) is 0 Å². The molecule has 0 saturated carbocycles. The molecule has 0 radical (unpaired) electrons. The highest BCUT2D eigenvalue weighted by atomic mass is 16.5. The maximum absolute atomic E-state index is 15.8.